The van der Waals surface area contributed by atoms with E-state index in [-0.39, 0.29) is 0 Å². The van der Waals surface area contributed by atoms with E-state index in [4.69, 9.17) is 0 Å². The quantitative estimate of drug-likeness (QED) is 0.715. The number of benzene rings is 2. The highest BCUT2D eigenvalue weighted by Crippen LogP contribution is 2.15. The summed E-state index contributed by atoms with van der Waals surface area (Å²) >= 11 is 0. The van der Waals surface area contributed by atoms with Gasteiger partial charge in [0.15, 0.2) is 0 Å². The molecule has 92 valence electrons. The first kappa shape index (κ1) is 11.3. The van der Waals surface area contributed by atoms with E-state index in [1.54, 1.807) is 6.08 Å². The zero-order valence-corrected chi connectivity index (χ0v) is 10.3. The lowest BCUT2D eigenvalue weighted by atomic mass is 10.1. The van der Waals surface area contributed by atoms with Crippen molar-refractivity contribution in [1.29, 1.82) is 0 Å². The molecule has 0 spiro atoms. The highest BCUT2D eigenvalue weighted by atomic mass is 15.6. The van der Waals surface area contributed by atoms with Gasteiger partial charge in [0.05, 0.1) is 5.69 Å². The molecule has 0 unspecified atom stereocenters. The number of hydrogen-bond donors (Lipinski definition) is 0. The summed E-state index contributed by atoms with van der Waals surface area (Å²) in [7, 11) is 0. The molecular weight excluding hydrogens is 236 g/mol. The molecule has 0 aliphatic heterocycles. The smallest absolute Gasteiger partial charge is 0.130 e. The Morgan fingerprint density at radius 3 is 2.37 bits per heavy atom. The standard InChI is InChI=1S/C15H12N4/c1-2-12-8-10-13(11-9-12)15-16-18-19(17-15)14-6-4-3-5-7-14/h2-11H,1H2. The Balaban J connectivity index is 1.94. The summed E-state index contributed by atoms with van der Waals surface area (Å²) in [6.45, 7) is 3.73. The Bertz CT molecular complexity index is 684. The molecule has 3 rings (SSSR count). The van der Waals surface area contributed by atoms with E-state index in [0.717, 1.165) is 16.8 Å². The van der Waals surface area contributed by atoms with Crippen molar-refractivity contribution in [2.24, 2.45) is 0 Å². The third kappa shape index (κ3) is 2.28. The number of hydrogen-bond acceptors (Lipinski definition) is 3. The maximum atomic E-state index is 4.37. The normalized spacial score (nSPS) is 10.3. The van der Waals surface area contributed by atoms with Crippen molar-refractivity contribution in [1.82, 2.24) is 20.2 Å². The van der Waals surface area contributed by atoms with Crippen LogP contribution in [0.5, 0.6) is 0 Å². The average molecular weight is 248 g/mol. The van der Waals surface area contributed by atoms with Crippen LogP contribution in [-0.4, -0.2) is 20.2 Å². The summed E-state index contributed by atoms with van der Waals surface area (Å²) in [5, 5.41) is 12.5. The minimum Gasteiger partial charge on any atom is -0.130 e. The lowest BCUT2D eigenvalue weighted by Crippen LogP contribution is -1.98. The van der Waals surface area contributed by atoms with Crippen LogP contribution in [0.4, 0.5) is 0 Å². The lowest BCUT2D eigenvalue weighted by Gasteiger charge is -1.97. The second kappa shape index (κ2) is 4.86. The van der Waals surface area contributed by atoms with E-state index in [1.807, 2.05) is 54.6 Å². The Hall–Kier alpha value is -2.75. The predicted octanol–water partition coefficient (Wildman–Crippen LogP) is 2.97. The third-order valence-electron chi connectivity index (χ3n) is 2.81. The fourth-order valence-electron chi connectivity index (χ4n) is 1.77. The van der Waals surface area contributed by atoms with Gasteiger partial charge in [-0.2, -0.15) is 0 Å². The van der Waals surface area contributed by atoms with Crippen LogP contribution < -0.4 is 0 Å². The molecule has 3 aromatic rings. The Kier molecular flexibility index (Phi) is 2.90. The fourth-order valence-corrected chi connectivity index (χ4v) is 1.77. The molecule has 0 saturated carbocycles. The zero-order chi connectivity index (χ0) is 13.1. The molecular formula is C15H12N4. The van der Waals surface area contributed by atoms with E-state index in [9.17, 15) is 0 Å². The summed E-state index contributed by atoms with van der Waals surface area (Å²) in [6, 6.07) is 17.6. The minimum atomic E-state index is 0.611. The molecule has 4 heteroatoms. The SMILES string of the molecule is C=Cc1ccc(-c2nnn(-c3ccccc3)n2)cc1. The number of rotatable bonds is 3. The molecule has 4 nitrogen and oxygen atoms in total. The monoisotopic (exact) mass is 248 g/mol. The van der Waals surface area contributed by atoms with Crippen LogP contribution in [-0.2, 0) is 0 Å². The molecule has 0 fully saturated rings. The van der Waals surface area contributed by atoms with Crippen LogP contribution in [0.15, 0.2) is 61.2 Å². The largest absolute Gasteiger partial charge is 0.205 e. The van der Waals surface area contributed by atoms with Crippen LogP contribution in [0, 0.1) is 0 Å². The Morgan fingerprint density at radius 1 is 0.947 bits per heavy atom. The fraction of sp³-hybridized carbons (Fsp3) is 0. The van der Waals surface area contributed by atoms with Gasteiger partial charge in [-0.15, -0.1) is 15.0 Å². The molecule has 0 aliphatic rings. The molecule has 0 bridgehead atoms. The number of para-hydroxylation sites is 1. The van der Waals surface area contributed by atoms with Gasteiger partial charge in [-0.3, -0.25) is 0 Å². The predicted molar refractivity (Wildman–Crippen MR) is 74.7 cm³/mol. The molecule has 0 saturated heterocycles. The first-order chi connectivity index (χ1) is 9.36. The topological polar surface area (TPSA) is 43.6 Å². The van der Waals surface area contributed by atoms with E-state index < -0.39 is 0 Å². The maximum absolute atomic E-state index is 4.37. The zero-order valence-electron chi connectivity index (χ0n) is 10.3. The first-order valence-corrected chi connectivity index (χ1v) is 5.95. The average Bonchev–Trinajstić information content (AvgIpc) is 2.98. The van der Waals surface area contributed by atoms with Crippen molar-refractivity contribution < 1.29 is 0 Å². The summed E-state index contributed by atoms with van der Waals surface area (Å²) in [4.78, 5) is 1.52. The molecule has 0 aliphatic carbocycles. The van der Waals surface area contributed by atoms with Gasteiger partial charge in [0, 0.05) is 5.56 Å². The van der Waals surface area contributed by atoms with Crippen molar-refractivity contribution in [2.75, 3.05) is 0 Å². The number of tetrazole rings is 1. The van der Waals surface area contributed by atoms with Crippen LogP contribution >= 0.6 is 0 Å². The van der Waals surface area contributed by atoms with E-state index in [0.29, 0.717) is 5.82 Å². The van der Waals surface area contributed by atoms with Crippen LogP contribution in [0.2, 0.25) is 0 Å². The van der Waals surface area contributed by atoms with E-state index in [1.165, 1.54) is 4.80 Å². The van der Waals surface area contributed by atoms with Crippen LogP contribution in [0.25, 0.3) is 23.2 Å². The summed E-state index contributed by atoms with van der Waals surface area (Å²) in [5.74, 6) is 0.611. The summed E-state index contributed by atoms with van der Waals surface area (Å²) in [5.41, 5.74) is 2.90. The molecule has 0 amide bonds. The lowest BCUT2D eigenvalue weighted by molar-refractivity contribution is 0.720. The summed E-state index contributed by atoms with van der Waals surface area (Å²) < 4.78 is 0. The van der Waals surface area contributed by atoms with Crippen molar-refractivity contribution in [3.63, 3.8) is 0 Å². The molecule has 0 atom stereocenters. The van der Waals surface area contributed by atoms with Gasteiger partial charge in [-0.1, -0.05) is 55.1 Å². The first-order valence-electron chi connectivity index (χ1n) is 5.95. The highest BCUT2D eigenvalue weighted by Gasteiger charge is 2.06. The summed E-state index contributed by atoms with van der Waals surface area (Å²) in [6.07, 6.45) is 1.80. The van der Waals surface area contributed by atoms with Gasteiger partial charge in [0.25, 0.3) is 0 Å². The van der Waals surface area contributed by atoms with E-state index >= 15 is 0 Å². The second-order valence-electron chi connectivity index (χ2n) is 4.06. The van der Waals surface area contributed by atoms with Crippen LogP contribution in [0.1, 0.15) is 5.56 Å². The second-order valence-corrected chi connectivity index (χ2v) is 4.06. The maximum Gasteiger partial charge on any atom is 0.205 e. The van der Waals surface area contributed by atoms with Gasteiger partial charge in [0.2, 0.25) is 5.82 Å². The number of nitrogens with zero attached hydrogens (tertiary/aromatic N) is 4. The van der Waals surface area contributed by atoms with Gasteiger partial charge in [-0.05, 0) is 22.9 Å². The van der Waals surface area contributed by atoms with Crippen molar-refractivity contribution in [2.45, 2.75) is 0 Å². The third-order valence-corrected chi connectivity index (χ3v) is 2.81. The molecule has 2 aromatic carbocycles. The Labute approximate surface area is 111 Å². The van der Waals surface area contributed by atoms with Crippen LogP contribution in [0.3, 0.4) is 0 Å². The Morgan fingerprint density at radius 2 is 1.68 bits per heavy atom. The van der Waals surface area contributed by atoms with Gasteiger partial charge < -0.3 is 0 Å². The van der Waals surface area contributed by atoms with Gasteiger partial charge in [-0.25, -0.2) is 0 Å². The highest BCUT2D eigenvalue weighted by molar-refractivity contribution is 5.58. The van der Waals surface area contributed by atoms with Crippen molar-refractivity contribution in [3.05, 3.63) is 66.7 Å². The number of aromatic nitrogens is 4. The van der Waals surface area contributed by atoms with Crippen molar-refractivity contribution >= 4 is 6.08 Å². The van der Waals surface area contributed by atoms with Gasteiger partial charge >= 0.3 is 0 Å². The molecule has 0 N–H and O–H groups in total. The van der Waals surface area contributed by atoms with E-state index in [2.05, 4.69) is 22.0 Å². The molecule has 1 aromatic heterocycles. The molecule has 19 heavy (non-hydrogen) atoms. The molecule has 1 heterocycles. The van der Waals surface area contributed by atoms with Crippen molar-refractivity contribution in [3.8, 4) is 17.1 Å². The minimum absolute atomic E-state index is 0.611. The molecule has 0 radical (unpaired) electrons. The van der Waals surface area contributed by atoms with Gasteiger partial charge in [0.1, 0.15) is 0 Å².